The van der Waals surface area contributed by atoms with Gasteiger partial charge in [0.05, 0.1) is 0 Å². The van der Waals surface area contributed by atoms with Gasteiger partial charge in [-0.15, -0.1) is 12.4 Å². The Kier molecular flexibility index (Phi) is 7.22. The number of carbonyl (C=O) groups excluding carboxylic acids is 1. The molecule has 0 unspecified atom stereocenters. The zero-order valence-electron chi connectivity index (χ0n) is 11.6. The molecule has 0 spiro atoms. The number of benzene rings is 1. The van der Waals surface area contributed by atoms with Gasteiger partial charge in [-0.05, 0) is 30.8 Å². The van der Waals surface area contributed by atoms with E-state index in [1.165, 1.54) is 0 Å². The highest BCUT2D eigenvalue weighted by Crippen LogP contribution is 2.22. The van der Waals surface area contributed by atoms with Gasteiger partial charge in [0.2, 0.25) is 0 Å². The fourth-order valence-corrected chi connectivity index (χ4v) is 1.79. The summed E-state index contributed by atoms with van der Waals surface area (Å²) in [6.07, 6.45) is 0. The van der Waals surface area contributed by atoms with E-state index in [9.17, 15) is 4.79 Å². The van der Waals surface area contributed by atoms with Crippen molar-refractivity contribution in [3.8, 4) is 11.3 Å². The van der Waals surface area contributed by atoms with E-state index in [-0.39, 0.29) is 24.0 Å². The minimum absolute atomic E-state index is 0. The van der Waals surface area contributed by atoms with Crippen molar-refractivity contribution in [1.82, 2.24) is 15.8 Å². The summed E-state index contributed by atoms with van der Waals surface area (Å²) >= 11 is 5.82. The van der Waals surface area contributed by atoms with E-state index in [0.29, 0.717) is 17.3 Å². The molecule has 7 heteroatoms. The third kappa shape index (κ3) is 5.04. The number of rotatable bonds is 6. The number of carbonyl (C=O) groups is 1. The van der Waals surface area contributed by atoms with Gasteiger partial charge in [0.25, 0.3) is 5.91 Å². The predicted molar refractivity (Wildman–Crippen MR) is 85.1 cm³/mol. The van der Waals surface area contributed by atoms with Crippen LogP contribution in [0.2, 0.25) is 5.02 Å². The van der Waals surface area contributed by atoms with Crippen LogP contribution in [0.15, 0.2) is 34.9 Å². The van der Waals surface area contributed by atoms with Gasteiger partial charge in [0.15, 0.2) is 11.5 Å². The topological polar surface area (TPSA) is 67.2 Å². The van der Waals surface area contributed by atoms with Crippen LogP contribution in [0.25, 0.3) is 11.3 Å². The minimum atomic E-state index is -0.244. The first-order chi connectivity index (χ1) is 9.70. The normalized spacial score (nSPS) is 10.0. The fourth-order valence-electron chi connectivity index (χ4n) is 1.66. The Balaban J connectivity index is 0.00000220. The maximum absolute atomic E-state index is 11.8. The fraction of sp³-hybridized carbons (Fsp3) is 0.286. The Labute approximate surface area is 134 Å². The third-order valence-corrected chi connectivity index (χ3v) is 2.96. The van der Waals surface area contributed by atoms with Gasteiger partial charge >= 0.3 is 0 Å². The SMILES string of the molecule is CCNCCNC(=O)c1cc(-c2ccc(Cl)cc2)on1.Cl. The van der Waals surface area contributed by atoms with Crippen molar-refractivity contribution in [2.24, 2.45) is 0 Å². The van der Waals surface area contributed by atoms with E-state index >= 15 is 0 Å². The van der Waals surface area contributed by atoms with E-state index in [1.54, 1.807) is 18.2 Å². The lowest BCUT2D eigenvalue weighted by Gasteiger charge is -2.02. The monoisotopic (exact) mass is 329 g/mol. The largest absolute Gasteiger partial charge is 0.355 e. The summed E-state index contributed by atoms with van der Waals surface area (Å²) in [5.74, 6) is 0.297. The lowest BCUT2D eigenvalue weighted by Crippen LogP contribution is -2.31. The van der Waals surface area contributed by atoms with Crippen LogP contribution < -0.4 is 10.6 Å². The minimum Gasteiger partial charge on any atom is -0.355 e. The van der Waals surface area contributed by atoms with Crippen LogP contribution in [0.4, 0.5) is 0 Å². The molecule has 0 aliphatic rings. The Morgan fingerprint density at radius 1 is 1.29 bits per heavy atom. The van der Waals surface area contributed by atoms with E-state index < -0.39 is 0 Å². The van der Waals surface area contributed by atoms with Gasteiger partial charge in [-0.1, -0.05) is 23.7 Å². The molecule has 2 rings (SSSR count). The van der Waals surface area contributed by atoms with Crippen molar-refractivity contribution in [2.45, 2.75) is 6.92 Å². The van der Waals surface area contributed by atoms with Gasteiger partial charge in [-0.2, -0.15) is 0 Å². The molecular formula is C14H17Cl2N3O2. The smallest absolute Gasteiger partial charge is 0.273 e. The van der Waals surface area contributed by atoms with Gasteiger partial charge < -0.3 is 15.2 Å². The number of nitrogens with one attached hydrogen (secondary N) is 2. The maximum atomic E-state index is 11.8. The first-order valence-electron chi connectivity index (χ1n) is 6.42. The highest BCUT2D eigenvalue weighted by Gasteiger charge is 2.13. The summed E-state index contributed by atoms with van der Waals surface area (Å²) < 4.78 is 5.17. The molecule has 0 aliphatic carbocycles. The average molecular weight is 330 g/mol. The molecule has 5 nitrogen and oxygen atoms in total. The molecule has 0 radical (unpaired) electrons. The maximum Gasteiger partial charge on any atom is 0.273 e. The van der Waals surface area contributed by atoms with Crippen molar-refractivity contribution in [3.63, 3.8) is 0 Å². The number of nitrogens with zero attached hydrogens (tertiary/aromatic N) is 1. The molecule has 0 saturated heterocycles. The molecule has 0 bridgehead atoms. The van der Waals surface area contributed by atoms with Crippen LogP contribution in [0.1, 0.15) is 17.4 Å². The summed E-state index contributed by atoms with van der Waals surface area (Å²) in [6, 6.07) is 8.77. The average Bonchev–Trinajstić information content (AvgIpc) is 2.94. The van der Waals surface area contributed by atoms with Crippen molar-refractivity contribution < 1.29 is 9.32 Å². The first-order valence-corrected chi connectivity index (χ1v) is 6.80. The second-order valence-corrected chi connectivity index (χ2v) is 4.63. The third-order valence-electron chi connectivity index (χ3n) is 2.71. The summed E-state index contributed by atoms with van der Waals surface area (Å²) in [6.45, 7) is 4.17. The number of halogens is 2. The number of aromatic nitrogens is 1. The molecule has 0 fully saturated rings. The molecule has 1 amide bonds. The van der Waals surface area contributed by atoms with E-state index in [4.69, 9.17) is 16.1 Å². The molecule has 1 heterocycles. The van der Waals surface area contributed by atoms with Gasteiger partial charge in [0, 0.05) is 29.7 Å². The Morgan fingerprint density at radius 3 is 2.67 bits per heavy atom. The molecule has 21 heavy (non-hydrogen) atoms. The lowest BCUT2D eigenvalue weighted by molar-refractivity contribution is 0.0945. The molecule has 114 valence electrons. The molecule has 0 atom stereocenters. The van der Waals surface area contributed by atoms with Crippen LogP contribution in [0.3, 0.4) is 0 Å². The standard InChI is InChI=1S/C14H16ClN3O2.ClH/c1-2-16-7-8-17-14(19)12-9-13(20-18-12)10-3-5-11(15)6-4-10;/h3-6,9,16H,2,7-8H2,1H3,(H,17,19);1H. The molecule has 1 aromatic carbocycles. The van der Waals surface area contributed by atoms with Crippen molar-refractivity contribution in [1.29, 1.82) is 0 Å². The lowest BCUT2D eigenvalue weighted by atomic mass is 10.1. The molecule has 1 aromatic heterocycles. The van der Waals surface area contributed by atoms with Crippen molar-refractivity contribution in [2.75, 3.05) is 19.6 Å². The van der Waals surface area contributed by atoms with Crippen LogP contribution in [0.5, 0.6) is 0 Å². The second kappa shape index (κ2) is 8.67. The molecular weight excluding hydrogens is 313 g/mol. The number of hydrogen-bond acceptors (Lipinski definition) is 4. The van der Waals surface area contributed by atoms with Gasteiger partial charge in [-0.25, -0.2) is 0 Å². The molecule has 0 saturated carbocycles. The Morgan fingerprint density at radius 2 is 2.00 bits per heavy atom. The van der Waals surface area contributed by atoms with Crippen LogP contribution in [-0.4, -0.2) is 30.7 Å². The van der Waals surface area contributed by atoms with Crippen molar-refractivity contribution in [3.05, 3.63) is 41.0 Å². The van der Waals surface area contributed by atoms with Crippen LogP contribution >= 0.6 is 24.0 Å². The summed E-state index contributed by atoms with van der Waals surface area (Å²) in [5.41, 5.74) is 1.10. The highest BCUT2D eigenvalue weighted by molar-refractivity contribution is 6.30. The first kappa shape index (κ1) is 17.5. The highest BCUT2D eigenvalue weighted by atomic mass is 35.5. The zero-order valence-corrected chi connectivity index (χ0v) is 13.1. The number of hydrogen-bond donors (Lipinski definition) is 2. The second-order valence-electron chi connectivity index (χ2n) is 4.19. The quantitative estimate of drug-likeness (QED) is 0.799. The van der Waals surface area contributed by atoms with Crippen LogP contribution in [0, 0.1) is 0 Å². The summed E-state index contributed by atoms with van der Waals surface area (Å²) in [4.78, 5) is 11.8. The van der Waals surface area contributed by atoms with Gasteiger partial charge in [0.1, 0.15) is 0 Å². The molecule has 2 aromatic rings. The zero-order chi connectivity index (χ0) is 14.4. The van der Waals surface area contributed by atoms with E-state index in [1.807, 2.05) is 19.1 Å². The van der Waals surface area contributed by atoms with E-state index in [0.717, 1.165) is 18.7 Å². The Hall–Kier alpha value is -1.56. The summed E-state index contributed by atoms with van der Waals surface area (Å²) in [7, 11) is 0. The molecule has 0 aliphatic heterocycles. The van der Waals surface area contributed by atoms with Crippen molar-refractivity contribution >= 4 is 29.9 Å². The number of likely N-dealkylation sites (N-methyl/N-ethyl adjacent to an activating group) is 1. The van der Waals surface area contributed by atoms with Crippen LogP contribution in [-0.2, 0) is 0 Å². The number of amides is 1. The predicted octanol–water partition coefficient (Wildman–Crippen LogP) is 2.76. The summed E-state index contributed by atoms with van der Waals surface area (Å²) in [5, 5.41) is 10.3. The molecule has 2 N–H and O–H groups in total. The van der Waals surface area contributed by atoms with E-state index in [2.05, 4.69) is 15.8 Å². The van der Waals surface area contributed by atoms with Gasteiger partial charge in [-0.3, -0.25) is 4.79 Å². The Bertz CT molecular complexity index is 570.